The van der Waals surface area contributed by atoms with Crippen molar-refractivity contribution in [3.8, 4) is 22.9 Å². The van der Waals surface area contributed by atoms with E-state index in [2.05, 4.69) is 16.8 Å². The van der Waals surface area contributed by atoms with Crippen molar-refractivity contribution < 1.29 is 13.9 Å². The number of hydrogen-bond donors (Lipinski definition) is 0. The van der Waals surface area contributed by atoms with E-state index >= 15 is 0 Å². The Morgan fingerprint density at radius 3 is 2.59 bits per heavy atom. The zero-order chi connectivity index (χ0) is 19.1. The standard InChI is InChI=1S/C20H20FN3O2S/c1-3-12-24-19(15-8-4-5-9-16(15)21)22-23-20(24)27-14-13-26-18-11-7-6-10-17(18)25-2/h3-11H,1,12-14H2,2H3. The van der Waals surface area contributed by atoms with Gasteiger partial charge in [-0.1, -0.05) is 42.1 Å². The third-order valence-electron chi connectivity index (χ3n) is 3.78. The first kappa shape index (κ1) is 19.0. The van der Waals surface area contributed by atoms with Gasteiger partial charge in [-0.25, -0.2) is 4.39 Å². The van der Waals surface area contributed by atoms with Gasteiger partial charge in [0.2, 0.25) is 0 Å². The molecule has 5 nitrogen and oxygen atoms in total. The molecular weight excluding hydrogens is 365 g/mol. The SMILES string of the molecule is C=CCn1c(SCCOc2ccccc2OC)nnc1-c1ccccc1F. The van der Waals surface area contributed by atoms with Crippen molar-refractivity contribution in [3.05, 3.63) is 67.0 Å². The number of hydrogen-bond acceptors (Lipinski definition) is 5. The Morgan fingerprint density at radius 1 is 1.11 bits per heavy atom. The first-order valence-corrected chi connectivity index (χ1v) is 9.40. The fraction of sp³-hybridized carbons (Fsp3) is 0.200. The highest BCUT2D eigenvalue weighted by atomic mass is 32.2. The quantitative estimate of drug-likeness (QED) is 0.309. The van der Waals surface area contributed by atoms with E-state index in [1.165, 1.54) is 17.8 Å². The number of aromatic nitrogens is 3. The lowest BCUT2D eigenvalue weighted by atomic mass is 10.2. The van der Waals surface area contributed by atoms with E-state index in [1.54, 1.807) is 31.4 Å². The van der Waals surface area contributed by atoms with Crippen molar-refractivity contribution in [1.29, 1.82) is 0 Å². The number of allylic oxidation sites excluding steroid dienone is 1. The van der Waals surface area contributed by atoms with Crippen molar-refractivity contribution in [1.82, 2.24) is 14.8 Å². The molecule has 0 bridgehead atoms. The van der Waals surface area contributed by atoms with E-state index in [4.69, 9.17) is 9.47 Å². The van der Waals surface area contributed by atoms with Crippen LogP contribution < -0.4 is 9.47 Å². The second-order valence-electron chi connectivity index (χ2n) is 5.53. The minimum absolute atomic E-state index is 0.328. The Labute approximate surface area is 161 Å². The predicted octanol–water partition coefficient (Wildman–Crippen LogP) is 4.45. The van der Waals surface area contributed by atoms with E-state index in [9.17, 15) is 4.39 Å². The summed E-state index contributed by atoms with van der Waals surface area (Å²) in [5.41, 5.74) is 0.420. The van der Waals surface area contributed by atoms with E-state index in [-0.39, 0.29) is 5.82 Å². The first-order valence-electron chi connectivity index (χ1n) is 8.42. The van der Waals surface area contributed by atoms with E-state index in [1.807, 2.05) is 28.8 Å². The summed E-state index contributed by atoms with van der Waals surface area (Å²) in [6, 6.07) is 14.0. The highest BCUT2D eigenvalue weighted by Gasteiger charge is 2.16. The molecule has 0 radical (unpaired) electrons. The van der Waals surface area contributed by atoms with Gasteiger partial charge in [-0.15, -0.1) is 16.8 Å². The summed E-state index contributed by atoms with van der Waals surface area (Å²) in [6.45, 7) is 4.74. The van der Waals surface area contributed by atoms with Crippen molar-refractivity contribution in [2.45, 2.75) is 11.7 Å². The maximum atomic E-state index is 14.1. The minimum Gasteiger partial charge on any atom is -0.493 e. The Bertz CT molecular complexity index is 914. The number of methoxy groups -OCH3 is 1. The van der Waals surface area contributed by atoms with Crippen LogP contribution in [0.25, 0.3) is 11.4 Å². The lowest BCUT2D eigenvalue weighted by Crippen LogP contribution is -2.05. The van der Waals surface area contributed by atoms with Crippen LogP contribution in [0.2, 0.25) is 0 Å². The zero-order valence-electron chi connectivity index (χ0n) is 15.0. The van der Waals surface area contributed by atoms with Crippen LogP contribution in [-0.4, -0.2) is 34.2 Å². The Hall–Kier alpha value is -2.80. The molecule has 1 heterocycles. The molecule has 2 aromatic carbocycles. The highest BCUT2D eigenvalue weighted by Crippen LogP contribution is 2.28. The molecule has 0 N–H and O–H groups in total. The third-order valence-corrected chi connectivity index (χ3v) is 4.72. The Morgan fingerprint density at radius 2 is 1.85 bits per heavy atom. The smallest absolute Gasteiger partial charge is 0.191 e. The molecule has 7 heteroatoms. The number of thioether (sulfide) groups is 1. The predicted molar refractivity (Wildman–Crippen MR) is 105 cm³/mol. The molecule has 0 fully saturated rings. The number of benzene rings is 2. The average Bonchev–Trinajstić information content (AvgIpc) is 3.08. The molecule has 3 rings (SSSR count). The summed E-state index contributed by atoms with van der Waals surface area (Å²) in [5.74, 6) is 2.21. The Balaban J connectivity index is 1.68. The van der Waals surface area contributed by atoms with Crippen LogP contribution >= 0.6 is 11.8 Å². The number of para-hydroxylation sites is 2. The number of nitrogens with zero attached hydrogens (tertiary/aromatic N) is 3. The largest absolute Gasteiger partial charge is 0.493 e. The van der Waals surface area contributed by atoms with Crippen molar-refractivity contribution >= 4 is 11.8 Å². The third kappa shape index (κ3) is 4.49. The van der Waals surface area contributed by atoms with Gasteiger partial charge < -0.3 is 9.47 Å². The summed E-state index contributed by atoms with van der Waals surface area (Å²) >= 11 is 1.49. The topological polar surface area (TPSA) is 49.2 Å². The van der Waals surface area contributed by atoms with Crippen LogP contribution in [0.15, 0.2) is 66.3 Å². The van der Waals surface area contributed by atoms with Crippen molar-refractivity contribution in [3.63, 3.8) is 0 Å². The van der Waals surface area contributed by atoms with E-state index in [0.29, 0.717) is 46.9 Å². The van der Waals surface area contributed by atoms with Crippen LogP contribution in [-0.2, 0) is 6.54 Å². The molecule has 0 spiro atoms. The molecular formula is C20H20FN3O2S. The molecule has 140 valence electrons. The molecule has 0 saturated heterocycles. The van der Waals surface area contributed by atoms with Crippen LogP contribution in [0.1, 0.15) is 0 Å². The van der Waals surface area contributed by atoms with Crippen molar-refractivity contribution in [2.75, 3.05) is 19.5 Å². The van der Waals surface area contributed by atoms with Gasteiger partial charge in [-0.05, 0) is 24.3 Å². The summed E-state index contributed by atoms with van der Waals surface area (Å²) in [5, 5.41) is 9.08. The van der Waals surface area contributed by atoms with Gasteiger partial charge in [-0.3, -0.25) is 4.57 Å². The summed E-state index contributed by atoms with van der Waals surface area (Å²) in [7, 11) is 1.61. The lowest BCUT2D eigenvalue weighted by molar-refractivity contribution is 0.313. The van der Waals surface area contributed by atoms with Crippen LogP contribution in [0.3, 0.4) is 0 Å². The highest BCUT2D eigenvalue weighted by molar-refractivity contribution is 7.99. The molecule has 0 aliphatic rings. The van der Waals surface area contributed by atoms with Gasteiger partial charge in [0.15, 0.2) is 22.5 Å². The van der Waals surface area contributed by atoms with Crippen molar-refractivity contribution in [2.24, 2.45) is 0 Å². The average molecular weight is 385 g/mol. The molecule has 0 aliphatic carbocycles. The molecule has 0 saturated carbocycles. The molecule has 3 aromatic rings. The maximum Gasteiger partial charge on any atom is 0.191 e. The van der Waals surface area contributed by atoms with Gasteiger partial charge in [-0.2, -0.15) is 0 Å². The minimum atomic E-state index is -0.328. The lowest BCUT2D eigenvalue weighted by Gasteiger charge is -2.10. The molecule has 0 amide bonds. The van der Waals surface area contributed by atoms with E-state index < -0.39 is 0 Å². The van der Waals surface area contributed by atoms with Gasteiger partial charge in [0, 0.05) is 12.3 Å². The molecule has 1 aromatic heterocycles. The molecule has 0 aliphatic heterocycles. The maximum absolute atomic E-state index is 14.1. The molecule has 0 unspecified atom stereocenters. The fourth-order valence-electron chi connectivity index (χ4n) is 2.55. The number of ether oxygens (including phenoxy) is 2. The van der Waals surface area contributed by atoms with Crippen LogP contribution in [0.4, 0.5) is 4.39 Å². The van der Waals surface area contributed by atoms with E-state index in [0.717, 1.165) is 0 Å². The summed E-state index contributed by atoms with van der Waals surface area (Å²) in [6.07, 6.45) is 1.74. The van der Waals surface area contributed by atoms with Crippen LogP contribution in [0, 0.1) is 5.82 Å². The second-order valence-corrected chi connectivity index (χ2v) is 6.60. The van der Waals surface area contributed by atoms with Gasteiger partial charge in [0.05, 0.1) is 19.3 Å². The first-order chi connectivity index (χ1) is 13.2. The fourth-order valence-corrected chi connectivity index (χ4v) is 3.32. The summed E-state index contributed by atoms with van der Waals surface area (Å²) in [4.78, 5) is 0. The van der Waals surface area contributed by atoms with Gasteiger partial charge in [0.1, 0.15) is 5.82 Å². The number of halogens is 1. The molecule has 27 heavy (non-hydrogen) atoms. The van der Waals surface area contributed by atoms with Gasteiger partial charge in [0.25, 0.3) is 0 Å². The molecule has 0 atom stereocenters. The number of rotatable bonds is 9. The zero-order valence-corrected chi connectivity index (χ0v) is 15.8. The van der Waals surface area contributed by atoms with Crippen LogP contribution in [0.5, 0.6) is 11.5 Å². The normalized spacial score (nSPS) is 10.6. The second kappa shape index (κ2) is 9.23. The Kier molecular flexibility index (Phi) is 6.49. The summed E-state index contributed by atoms with van der Waals surface area (Å²) < 4.78 is 27.0. The monoisotopic (exact) mass is 385 g/mol. The van der Waals surface area contributed by atoms with Gasteiger partial charge >= 0.3 is 0 Å².